The fourth-order valence-electron chi connectivity index (χ4n) is 1.45. The van der Waals surface area contributed by atoms with E-state index >= 15 is 0 Å². The topological polar surface area (TPSA) is 21.3 Å². The van der Waals surface area contributed by atoms with Crippen LogP contribution in [0.4, 0.5) is 0 Å². The number of nitrogens with one attached hydrogen (secondary N) is 1. The van der Waals surface area contributed by atoms with Gasteiger partial charge in [0.15, 0.2) is 0 Å². The molecule has 1 atom stereocenters. The zero-order valence-corrected chi connectivity index (χ0v) is 8.68. The molecule has 2 heteroatoms. The third kappa shape index (κ3) is 1.99. The first kappa shape index (κ1) is 10.0. The molecule has 1 aliphatic heterocycles. The fourth-order valence-corrected chi connectivity index (χ4v) is 1.45. The van der Waals surface area contributed by atoms with Crippen LogP contribution in [-0.4, -0.2) is 25.8 Å². The van der Waals surface area contributed by atoms with E-state index in [0.29, 0.717) is 17.4 Å². The Kier molecular flexibility index (Phi) is 3.13. The maximum absolute atomic E-state index is 5.46. The van der Waals surface area contributed by atoms with E-state index in [0.717, 1.165) is 19.8 Å². The van der Waals surface area contributed by atoms with Gasteiger partial charge in [-0.25, -0.2) is 0 Å². The first-order valence-corrected chi connectivity index (χ1v) is 4.86. The molecule has 0 radical (unpaired) electrons. The van der Waals surface area contributed by atoms with E-state index in [2.05, 4.69) is 33.0 Å². The highest BCUT2D eigenvalue weighted by atomic mass is 16.5. The largest absolute Gasteiger partial charge is 0.378 e. The van der Waals surface area contributed by atoms with E-state index in [1.165, 1.54) is 0 Å². The molecule has 1 heterocycles. The number of morpholine rings is 1. The van der Waals surface area contributed by atoms with Crippen molar-refractivity contribution in [1.82, 2.24) is 5.32 Å². The molecule has 0 aromatic heterocycles. The van der Waals surface area contributed by atoms with Crippen molar-refractivity contribution in [2.24, 2.45) is 11.3 Å². The monoisotopic (exact) mass is 171 g/mol. The van der Waals surface area contributed by atoms with E-state index in [-0.39, 0.29) is 0 Å². The predicted octanol–water partition coefficient (Wildman–Crippen LogP) is 1.66. The second-order valence-corrected chi connectivity index (χ2v) is 4.56. The highest BCUT2D eigenvalue weighted by Gasteiger charge is 2.33. The molecule has 1 aliphatic rings. The summed E-state index contributed by atoms with van der Waals surface area (Å²) in [5.74, 6) is 0.691. The molecule has 1 rings (SSSR count). The van der Waals surface area contributed by atoms with Gasteiger partial charge in [0.05, 0.1) is 13.2 Å². The van der Waals surface area contributed by atoms with Gasteiger partial charge in [0, 0.05) is 12.6 Å². The van der Waals surface area contributed by atoms with Crippen LogP contribution in [0.25, 0.3) is 0 Å². The van der Waals surface area contributed by atoms with Crippen molar-refractivity contribution in [2.75, 3.05) is 19.8 Å². The summed E-state index contributed by atoms with van der Waals surface area (Å²) in [7, 11) is 0. The highest BCUT2D eigenvalue weighted by Crippen LogP contribution is 2.30. The van der Waals surface area contributed by atoms with Gasteiger partial charge in [-0.1, -0.05) is 27.7 Å². The molecule has 0 aromatic rings. The summed E-state index contributed by atoms with van der Waals surface area (Å²) in [6.07, 6.45) is 0. The lowest BCUT2D eigenvalue weighted by atomic mass is 9.75. The van der Waals surface area contributed by atoms with E-state index in [4.69, 9.17) is 4.74 Å². The molecular weight excluding hydrogens is 150 g/mol. The van der Waals surface area contributed by atoms with Crippen LogP contribution in [0.1, 0.15) is 27.7 Å². The van der Waals surface area contributed by atoms with Crippen molar-refractivity contribution in [2.45, 2.75) is 33.7 Å². The molecule has 0 aliphatic carbocycles. The lowest BCUT2D eigenvalue weighted by molar-refractivity contribution is 0.0168. The van der Waals surface area contributed by atoms with Crippen LogP contribution in [-0.2, 0) is 4.74 Å². The molecule has 0 saturated carbocycles. The average Bonchev–Trinajstić information content (AvgIpc) is 2.06. The molecule has 0 spiro atoms. The van der Waals surface area contributed by atoms with Crippen LogP contribution in [0.15, 0.2) is 0 Å². The zero-order valence-electron chi connectivity index (χ0n) is 8.68. The summed E-state index contributed by atoms with van der Waals surface area (Å²) in [4.78, 5) is 0. The summed E-state index contributed by atoms with van der Waals surface area (Å²) < 4.78 is 5.46. The van der Waals surface area contributed by atoms with Gasteiger partial charge in [-0.2, -0.15) is 0 Å². The van der Waals surface area contributed by atoms with Crippen LogP contribution in [0.2, 0.25) is 0 Å². The van der Waals surface area contributed by atoms with Crippen molar-refractivity contribution in [3.63, 3.8) is 0 Å². The molecular formula is C10H21NO. The van der Waals surface area contributed by atoms with Crippen molar-refractivity contribution < 1.29 is 4.74 Å². The Hall–Kier alpha value is -0.0800. The normalized spacial score (nSPS) is 26.2. The van der Waals surface area contributed by atoms with Crippen LogP contribution < -0.4 is 5.32 Å². The molecule has 1 fully saturated rings. The minimum Gasteiger partial charge on any atom is -0.378 e. The third-order valence-electron chi connectivity index (χ3n) is 3.31. The number of ether oxygens (including phenoxy) is 1. The van der Waals surface area contributed by atoms with Crippen molar-refractivity contribution in [1.29, 1.82) is 0 Å². The first-order chi connectivity index (χ1) is 5.55. The second kappa shape index (κ2) is 3.75. The molecule has 1 unspecified atom stereocenters. The van der Waals surface area contributed by atoms with Crippen LogP contribution in [0.5, 0.6) is 0 Å². The van der Waals surface area contributed by atoms with Gasteiger partial charge in [0.25, 0.3) is 0 Å². The van der Waals surface area contributed by atoms with Gasteiger partial charge >= 0.3 is 0 Å². The first-order valence-electron chi connectivity index (χ1n) is 4.86. The van der Waals surface area contributed by atoms with Crippen LogP contribution in [0.3, 0.4) is 0 Å². The maximum Gasteiger partial charge on any atom is 0.0625 e. The minimum absolute atomic E-state index is 0.334. The predicted molar refractivity (Wildman–Crippen MR) is 51.2 cm³/mol. The summed E-state index contributed by atoms with van der Waals surface area (Å²) in [5, 5.41) is 3.52. The summed E-state index contributed by atoms with van der Waals surface area (Å²) >= 11 is 0. The van der Waals surface area contributed by atoms with Crippen LogP contribution in [0, 0.1) is 11.3 Å². The van der Waals surface area contributed by atoms with Crippen molar-refractivity contribution in [3.8, 4) is 0 Å². The lowest BCUT2D eigenvalue weighted by Crippen LogP contribution is -2.52. The maximum atomic E-state index is 5.46. The van der Waals surface area contributed by atoms with Gasteiger partial charge in [0.2, 0.25) is 0 Å². The Morgan fingerprint density at radius 2 is 2.08 bits per heavy atom. The van der Waals surface area contributed by atoms with Gasteiger partial charge in [0.1, 0.15) is 0 Å². The lowest BCUT2D eigenvalue weighted by Gasteiger charge is -2.40. The Bertz CT molecular complexity index is 137. The van der Waals surface area contributed by atoms with Gasteiger partial charge in [-0.15, -0.1) is 0 Å². The average molecular weight is 171 g/mol. The van der Waals surface area contributed by atoms with E-state index in [9.17, 15) is 0 Å². The van der Waals surface area contributed by atoms with E-state index < -0.39 is 0 Å². The fraction of sp³-hybridized carbons (Fsp3) is 1.00. The zero-order chi connectivity index (χ0) is 9.19. The van der Waals surface area contributed by atoms with Crippen molar-refractivity contribution >= 4 is 0 Å². The Balaban J connectivity index is 2.53. The van der Waals surface area contributed by atoms with Gasteiger partial charge in [-0.05, 0) is 11.3 Å². The van der Waals surface area contributed by atoms with Crippen LogP contribution >= 0.6 is 0 Å². The minimum atomic E-state index is 0.334. The van der Waals surface area contributed by atoms with E-state index in [1.54, 1.807) is 0 Å². The smallest absolute Gasteiger partial charge is 0.0625 e. The highest BCUT2D eigenvalue weighted by molar-refractivity contribution is 4.87. The molecule has 0 aromatic carbocycles. The second-order valence-electron chi connectivity index (χ2n) is 4.56. The summed E-state index contributed by atoms with van der Waals surface area (Å²) in [6.45, 7) is 11.9. The summed E-state index contributed by atoms with van der Waals surface area (Å²) in [6, 6.07) is 0.520. The Labute approximate surface area is 75.7 Å². The summed E-state index contributed by atoms with van der Waals surface area (Å²) in [5.41, 5.74) is 0.334. The molecule has 0 bridgehead atoms. The standard InChI is InChI=1S/C10H21NO/c1-8(2)10(3,4)9-7-12-6-5-11-9/h8-9,11H,5-7H2,1-4H3. The van der Waals surface area contributed by atoms with Crippen molar-refractivity contribution in [3.05, 3.63) is 0 Å². The third-order valence-corrected chi connectivity index (χ3v) is 3.31. The van der Waals surface area contributed by atoms with E-state index in [1.807, 2.05) is 0 Å². The van der Waals surface area contributed by atoms with Gasteiger partial charge in [-0.3, -0.25) is 0 Å². The SMILES string of the molecule is CC(C)C(C)(C)C1COCCN1. The molecule has 12 heavy (non-hydrogen) atoms. The quantitative estimate of drug-likeness (QED) is 0.682. The number of rotatable bonds is 2. The molecule has 72 valence electrons. The van der Waals surface area contributed by atoms with Gasteiger partial charge < -0.3 is 10.1 Å². The molecule has 1 N–H and O–H groups in total. The molecule has 0 amide bonds. The number of hydrogen-bond donors (Lipinski definition) is 1. The molecule has 1 saturated heterocycles. The Morgan fingerprint density at radius 1 is 1.42 bits per heavy atom. The Morgan fingerprint density at radius 3 is 2.50 bits per heavy atom. The number of hydrogen-bond acceptors (Lipinski definition) is 2. The molecule has 2 nitrogen and oxygen atoms in total.